The van der Waals surface area contributed by atoms with Crippen LogP contribution in [0, 0.1) is 13.8 Å². The third kappa shape index (κ3) is 6.72. The average Bonchev–Trinajstić information content (AvgIpc) is 2.70. The lowest BCUT2D eigenvalue weighted by atomic mass is 10.1. The second-order valence-electron chi connectivity index (χ2n) is 7.41. The fourth-order valence-corrected chi connectivity index (χ4v) is 3.75. The Morgan fingerprint density at radius 2 is 1.76 bits per heavy atom. The van der Waals surface area contributed by atoms with Gasteiger partial charge in [-0.15, -0.1) is 0 Å². The Balaban J connectivity index is 2.00. The molecule has 0 aliphatic heterocycles. The number of rotatable bonds is 10. The lowest BCUT2D eigenvalue weighted by molar-refractivity contribution is -0.856. The summed E-state index contributed by atoms with van der Waals surface area (Å²) in [6, 6.07) is 7.78. The summed E-state index contributed by atoms with van der Waals surface area (Å²) in [4.78, 5) is 25.2. The van der Waals surface area contributed by atoms with Crippen LogP contribution >= 0.6 is 11.8 Å². The number of hydrogen-bond acceptors (Lipinski definition) is 5. The third-order valence-corrected chi connectivity index (χ3v) is 5.82. The van der Waals surface area contributed by atoms with E-state index in [-0.39, 0.29) is 5.91 Å². The molecule has 2 aromatic rings. The number of aryl methyl sites for hydroxylation is 1. The van der Waals surface area contributed by atoms with Crippen LogP contribution in [0.3, 0.4) is 0 Å². The molecular formula is C22H34N5OS+. The maximum atomic E-state index is 12.2. The molecule has 0 saturated carbocycles. The largest absolute Gasteiger partial charge is 0.357 e. The number of amides is 1. The normalized spacial score (nSPS) is 11.0. The number of anilines is 1. The quantitative estimate of drug-likeness (QED) is 0.459. The molecule has 1 amide bonds. The number of nitrogens with one attached hydrogen (secondary N) is 2. The van der Waals surface area contributed by atoms with Gasteiger partial charge in [-0.2, -0.15) is 0 Å². The number of thioether (sulfide) groups is 1. The lowest BCUT2D eigenvalue weighted by Crippen LogP contribution is -3.06. The van der Waals surface area contributed by atoms with E-state index in [1.807, 2.05) is 31.2 Å². The zero-order valence-electron chi connectivity index (χ0n) is 18.5. The van der Waals surface area contributed by atoms with Gasteiger partial charge in [0.15, 0.2) is 5.16 Å². The summed E-state index contributed by atoms with van der Waals surface area (Å²) < 4.78 is 0. The minimum Gasteiger partial charge on any atom is -0.357 e. The first-order valence-electron chi connectivity index (χ1n) is 10.2. The molecule has 0 bridgehead atoms. The molecule has 0 spiro atoms. The van der Waals surface area contributed by atoms with Gasteiger partial charge in [-0.3, -0.25) is 4.79 Å². The van der Waals surface area contributed by atoms with Crippen LogP contribution in [0.4, 0.5) is 5.82 Å². The Morgan fingerprint density at radius 3 is 2.34 bits per heavy atom. The van der Waals surface area contributed by atoms with Crippen molar-refractivity contribution in [1.29, 1.82) is 0 Å². The number of likely N-dealkylation sites (N-methyl/N-ethyl adjacent to an activating group) is 1. The number of carbonyl (C=O) groups is 1. The van der Waals surface area contributed by atoms with Gasteiger partial charge in [0, 0.05) is 35.7 Å². The van der Waals surface area contributed by atoms with E-state index in [9.17, 15) is 4.79 Å². The lowest BCUT2D eigenvalue weighted by Gasteiger charge is -2.23. The Labute approximate surface area is 179 Å². The van der Waals surface area contributed by atoms with Gasteiger partial charge in [0.2, 0.25) is 0 Å². The van der Waals surface area contributed by atoms with Gasteiger partial charge in [0.25, 0.3) is 5.91 Å². The molecule has 1 aromatic heterocycles. The maximum Gasteiger partial charge on any atom is 0.251 e. The summed E-state index contributed by atoms with van der Waals surface area (Å²) >= 11 is 1.63. The van der Waals surface area contributed by atoms with E-state index in [1.54, 1.807) is 11.8 Å². The van der Waals surface area contributed by atoms with E-state index in [1.165, 1.54) is 4.90 Å². The van der Waals surface area contributed by atoms with Crippen molar-refractivity contribution in [3.05, 3.63) is 46.6 Å². The summed E-state index contributed by atoms with van der Waals surface area (Å²) in [5.41, 5.74) is 4.01. The molecular weight excluding hydrogens is 382 g/mol. The number of hydrogen-bond donors (Lipinski definition) is 2. The Kier molecular flexibility index (Phi) is 8.92. The molecule has 6 nitrogen and oxygen atoms in total. The van der Waals surface area contributed by atoms with Crippen molar-refractivity contribution in [3.8, 4) is 0 Å². The van der Waals surface area contributed by atoms with Crippen molar-refractivity contribution >= 4 is 23.5 Å². The molecule has 0 atom stereocenters. The molecule has 2 N–H and O–H groups in total. The van der Waals surface area contributed by atoms with Crippen LogP contribution < -0.4 is 15.1 Å². The predicted molar refractivity (Wildman–Crippen MR) is 121 cm³/mol. The Bertz CT molecular complexity index is 804. The van der Waals surface area contributed by atoms with Crippen LogP contribution in [0.5, 0.6) is 0 Å². The molecule has 0 saturated heterocycles. The van der Waals surface area contributed by atoms with E-state index < -0.39 is 0 Å². The van der Waals surface area contributed by atoms with Crippen LogP contribution in [-0.2, 0) is 5.75 Å². The topological polar surface area (TPSA) is 62.6 Å². The number of aromatic nitrogens is 2. The first kappa shape index (κ1) is 23.2. The molecule has 7 heteroatoms. The van der Waals surface area contributed by atoms with Gasteiger partial charge in [-0.1, -0.05) is 23.9 Å². The van der Waals surface area contributed by atoms with Crippen LogP contribution in [0.15, 0.2) is 29.4 Å². The van der Waals surface area contributed by atoms with Gasteiger partial charge in [0.1, 0.15) is 5.82 Å². The van der Waals surface area contributed by atoms with Crippen molar-refractivity contribution in [1.82, 2.24) is 15.3 Å². The standard InChI is InChI=1S/C22H33N5OS/c1-7-27(8-2)20-16(3)17(4)24-22(25-20)29-15-18-9-11-19(12-10-18)21(28)23-13-14-26(5)6/h9-12H,7-8,13-15H2,1-6H3,(H,23,28)/p+1. The van der Waals surface area contributed by atoms with Crippen molar-refractivity contribution in [2.24, 2.45) is 0 Å². The van der Waals surface area contributed by atoms with E-state index in [4.69, 9.17) is 4.98 Å². The van der Waals surface area contributed by atoms with Gasteiger partial charge in [-0.25, -0.2) is 9.97 Å². The first-order valence-corrected chi connectivity index (χ1v) is 11.2. The number of quaternary nitrogens is 1. The molecule has 0 fully saturated rings. The molecule has 0 aliphatic carbocycles. The SMILES string of the molecule is CCN(CC)c1nc(SCc2ccc(C(=O)NCC[NH+](C)C)cc2)nc(C)c1C. The van der Waals surface area contributed by atoms with Gasteiger partial charge >= 0.3 is 0 Å². The molecule has 0 radical (unpaired) electrons. The first-order chi connectivity index (χ1) is 13.8. The van der Waals surface area contributed by atoms with Crippen LogP contribution in [0.1, 0.15) is 41.0 Å². The zero-order valence-corrected chi connectivity index (χ0v) is 19.3. The highest BCUT2D eigenvalue weighted by molar-refractivity contribution is 7.98. The van der Waals surface area contributed by atoms with Crippen LogP contribution in [0.25, 0.3) is 0 Å². The molecule has 1 aromatic carbocycles. The van der Waals surface area contributed by atoms with E-state index in [2.05, 4.69) is 50.1 Å². The monoisotopic (exact) mass is 416 g/mol. The van der Waals surface area contributed by atoms with Crippen molar-refractivity contribution in [2.75, 3.05) is 45.2 Å². The summed E-state index contributed by atoms with van der Waals surface area (Å²) in [6.07, 6.45) is 0. The predicted octanol–water partition coefficient (Wildman–Crippen LogP) is 2.11. The number of carbonyl (C=O) groups excluding carboxylic acids is 1. The Morgan fingerprint density at radius 1 is 1.10 bits per heavy atom. The van der Waals surface area contributed by atoms with Gasteiger partial charge in [0.05, 0.1) is 27.2 Å². The van der Waals surface area contributed by atoms with Crippen molar-refractivity contribution in [2.45, 2.75) is 38.6 Å². The van der Waals surface area contributed by atoms with E-state index >= 15 is 0 Å². The smallest absolute Gasteiger partial charge is 0.251 e. The van der Waals surface area contributed by atoms with Crippen LogP contribution in [0.2, 0.25) is 0 Å². The van der Waals surface area contributed by atoms with Gasteiger partial charge in [-0.05, 0) is 45.4 Å². The molecule has 158 valence electrons. The summed E-state index contributed by atoms with van der Waals surface area (Å²) in [6.45, 7) is 11.9. The second kappa shape index (κ2) is 11.2. The fourth-order valence-electron chi connectivity index (χ4n) is 2.91. The fraction of sp³-hybridized carbons (Fsp3) is 0.500. The Hall–Kier alpha value is -2.12. The van der Waals surface area contributed by atoms with Gasteiger partial charge < -0.3 is 15.1 Å². The summed E-state index contributed by atoms with van der Waals surface area (Å²) in [7, 11) is 4.14. The van der Waals surface area contributed by atoms with Crippen molar-refractivity contribution < 1.29 is 9.69 Å². The van der Waals surface area contributed by atoms with E-state index in [0.717, 1.165) is 53.2 Å². The minimum atomic E-state index is -0.0215. The molecule has 1 heterocycles. The highest BCUT2D eigenvalue weighted by Gasteiger charge is 2.13. The minimum absolute atomic E-state index is 0.0215. The van der Waals surface area contributed by atoms with Crippen molar-refractivity contribution in [3.63, 3.8) is 0 Å². The van der Waals surface area contributed by atoms with Crippen LogP contribution in [-0.4, -0.2) is 56.1 Å². The maximum absolute atomic E-state index is 12.2. The molecule has 0 aliphatic rings. The highest BCUT2D eigenvalue weighted by Crippen LogP contribution is 2.26. The number of nitrogens with zero attached hydrogens (tertiary/aromatic N) is 3. The average molecular weight is 417 g/mol. The molecule has 0 unspecified atom stereocenters. The molecule has 2 rings (SSSR count). The number of benzene rings is 1. The highest BCUT2D eigenvalue weighted by atomic mass is 32.2. The third-order valence-electron chi connectivity index (χ3n) is 4.90. The van der Waals surface area contributed by atoms with E-state index in [0.29, 0.717) is 12.1 Å². The summed E-state index contributed by atoms with van der Waals surface area (Å²) in [5.74, 6) is 1.77. The summed E-state index contributed by atoms with van der Waals surface area (Å²) in [5, 5.41) is 3.75. The second-order valence-corrected chi connectivity index (χ2v) is 8.35. The zero-order chi connectivity index (χ0) is 21.4. The molecule has 29 heavy (non-hydrogen) atoms.